The van der Waals surface area contributed by atoms with Gasteiger partial charge in [-0.05, 0) is 60.8 Å². The highest BCUT2D eigenvalue weighted by atomic mass is 35.5. The van der Waals surface area contributed by atoms with Crippen molar-refractivity contribution in [3.05, 3.63) is 62.6 Å². The second-order valence-electron chi connectivity index (χ2n) is 9.15. The van der Waals surface area contributed by atoms with Crippen LogP contribution in [0, 0.1) is 0 Å². The van der Waals surface area contributed by atoms with Gasteiger partial charge in [0.2, 0.25) is 0 Å². The minimum absolute atomic E-state index is 0.00480. The zero-order valence-corrected chi connectivity index (χ0v) is 24.4. The molecule has 0 spiro atoms. The number of sulfone groups is 1. The number of benzene rings is 2. The van der Waals surface area contributed by atoms with Crippen molar-refractivity contribution in [1.29, 1.82) is 0 Å². The van der Waals surface area contributed by atoms with Gasteiger partial charge in [-0.2, -0.15) is 13.2 Å². The minimum atomic E-state index is -4.74. The largest absolute Gasteiger partial charge is 0.416 e. The molecule has 1 amide bonds. The zero-order valence-electron chi connectivity index (χ0n) is 21.3. The van der Waals surface area contributed by atoms with Crippen LogP contribution in [0.25, 0.3) is 0 Å². The van der Waals surface area contributed by atoms with Gasteiger partial charge in [-0.15, -0.1) is 0 Å². The topological polar surface area (TPSA) is 105 Å². The van der Waals surface area contributed by atoms with Gasteiger partial charge >= 0.3 is 6.18 Å². The smallest absolute Gasteiger partial charge is 0.348 e. The maximum Gasteiger partial charge on any atom is 0.416 e. The highest BCUT2D eigenvalue weighted by molar-refractivity contribution is 7.97. The molecule has 1 fully saturated rings. The van der Waals surface area contributed by atoms with E-state index < -0.39 is 27.5 Å². The number of likely N-dealkylation sites (tertiary alicyclic amines) is 1. The second-order valence-corrected chi connectivity index (χ2v) is 13.2. The summed E-state index contributed by atoms with van der Waals surface area (Å²) in [6.45, 7) is 2.91. The molecule has 1 saturated heterocycles. The van der Waals surface area contributed by atoms with E-state index in [1.165, 1.54) is 43.1 Å². The summed E-state index contributed by atoms with van der Waals surface area (Å²) >= 11 is 13.9. The molecule has 39 heavy (non-hydrogen) atoms. The molecule has 0 unspecified atom stereocenters. The molecule has 0 aliphatic carbocycles. The number of nitrogens with one attached hydrogen (secondary N) is 2. The van der Waals surface area contributed by atoms with Crippen LogP contribution in [0.15, 0.2) is 35.2 Å². The number of piperidine rings is 1. The van der Waals surface area contributed by atoms with E-state index >= 15 is 0 Å². The summed E-state index contributed by atoms with van der Waals surface area (Å²) in [5.74, 6) is -0.257. The van der Waals surface area contributed by atoms with Crippen LogP contribution in [0.4, 0.5) is 13.2 Å². The first-order chi connectivity index (χ1) is 18.4. The lowest BCUT2D eigenvalue weighted by Crippen LogP contribution is -2.43. The van der Waals surface area contributed by atoms with Gasteiger partial charge in [0, 0.05) is 53.6 Å². The average Bonchev–Trinajstić information content (AvgIpc) is 2.88. The number of hydrogen-bond acceptors (Lipinski definition) is 7. The predicted octanol–water partition coefficient (Wildman–Crippen LogP) is 4.90. The van der Waals surface area contributed by atoms with E-state index in [1.54, 1.807) is 0 Å². The third-order valence-corrected chi connectivity index (χ3v) is 9.64. The molecule has 1 aliphatic rings. The highest BCUT2D eigenvalue weighted by Crippen LogP contribution is 2.37. The van der Waals surface area contributed by atoms with Gasteiger partial charge < -0.3 is 11.1 Å². The molecule has 1 aliphatic heterocycles. The number of carbonyl (C=O) groups excluding carboxylic acids is 1. The number of rotatable bonds is 11. The van der Waals surface area contributed by atoms with Crippen LogP contribution in [-0.4, -0.2) is 56.4 Å². The van der Waals surface area contributed by atoms with E-state index in [0.717, 1.165) is 24.7 Å². The Balaban J connectivity index is 1.81. The number of halogens is 5. The maximum atomic E-state index is 14.1. The lowest BCUT2D eigenvalue weighted by Gasteiger charge is -2.33. The van der Waals surface area contributed by atoms with E-state index in [1.807, 2.05) is 4.90 Å². The van der Waals surface area contributed by atoms with Crippen molar-refractivity contribution >= 4 is 50.9 Å². The second kappa shape index (κ2) is 13.9. The first-order valence-corrected chi connectivity index (χ1v) is 15.7. The Morgan fingerprint density at radius 1 is 1.23 bits per heavy atom. The number of nitrogens with zero attached hydrogens (tertiary/aromatic N) is 1. The summed E-state index contributed by atoms with van der Waals surface area (Å²) in [6, 6.07) is 6.27. The number of carbonyl (C=O) groups is 1. The molecule has 0 radical (unpaired) electrons. The standard InChI is InChI=1S/C25H31Cl2F3N4O3S2/c1-2-39(36,37)23-6-5-18(26)10-17(23)13-32-24(35)16-11-21(25(28,29)30)20(22(27)12-16)15-34-8-3-4-19(14-34)33-38-9-7-31/h5-6,10-12,19,33H,2-4,7-9,13-15,31H2,1H3,(H,32,35)/t19-/m0/s1. The van der Waals surface area contributed by atoms with Crippen molar-refractivity contribution in [3.8, 4) is 0 Å². The molecule has 7 nitrogen and oxygen atoms in total. The van der Waals surface area contributed by atoms with Gasteiger partial charge in [-0.25, -0.2) is 8.42 Å². The molecule has 2 aromatic carbocycles. The molecule has 2 aromatic rings. The van der Waals surface area contributed by atoms with Crippen LogP contribution in [0.2, 0.25) is 10.0 Å². The van der Waals surface area contributed by atoms with Gasteiger partial charge in [0.1, 0.15) is 0 Å². The molecule has 1 atom stereocenters. The van der Waals surface area contributed by atoms with E-state index in [9.17, 15) is 26.4 Å². The lowest BCUT2D eigenvalue weighted by atomic mass is 10.00. The van der Waals surface area contributed by atoms with Crippen LogP contribution in [0.5, 0.6) is 0 Å². The van der Waals surface area contributed by atoms with Crippen molar-refractivity contribution in [1.82, 2.24) is 14.9 Å². The Kier molecular flexibility index (Phi) is 11.4. The fourth-order valence-corrected chi connectivity index (χ4v) is 6.61. The van der Waals surface area contributed by atoms with E-state index in [4.69, 9.17) is 28.9 Å². The normalized spacial score (nSPS) is 16.8. The van der Waals surface area contributed by atoms with Crippen LogP contribution in [0.1, 0.15) is 46.8 Å². The summed E-state index contributed by atoms with van der Waals surface area (Å²) in [5.41, 5.74) is 4.39. The molecule has 4 N–H and O–H groups in total. The first kappa shape index (κ1) is 32.0. The van der Waals surface area contributed by atoms with Crippen LogP contribution < -0.4 is 15.8 Å². The molecule has 216 valence electrons. The van der Waals surface area contributed by atoms with E-state index in [0.29, 0.717) is 19.6 Å². The average molecular weight is 628 g/mol. The number of hydrogen-bond donors (Lipinski definition) is 3. The summed E-state index contributed by atoms with van der Waals surface area (Å²) < 4.78 is 70.5. The van der Waals surface area contributed by atoms with Crippen molar-refractivity contribution in [3.63, 3.8) is 0 Å². The monoisotopic (exact) mass is 626 g/mol. The Bertz CT molecular complexity index is 1280. The van der Waals surface area contributed by atoms with E-state index in [-0.39, 0.29) is 56.5 Å². The molecule has 0 bridgehead atoms. The molecule has 3 rings (SSSR count). The Morgan fingerprint density at radius 2 is 1.97 bits per heavy atom. The maximum absolute atomic E-state index is 14.1. The third kappa shape index (κ3) is 8.72. The van der Waals surface area contributed by atoms with Crippen LogP contribution in [0.3, 0.4) is 0 Å². The van der Waals surface area contributed by atoms with Crippen LogP contribution >= 0.6 is 35.1 Å². The van der Waals surface area contributed by atoms with Crippen molar-refractivity contribution in [2.45, 2.75) is 50.0 Å². The molecule has 1 heterocycles. The molecule has 14 heteroatoms. The number of amides is 1. The van der Waals surface area contributed by atoms with Gasteiger partial charge in [0.15, 0.2) is 9.84 Å². The van der Waals surface area contributed by atoms with Gasteiger partial charge in [0.05, 0.1) is 16.2 Å². The first-order valence-electron chi connectivity index (χ1n) is 12.3. The lowest BCUT2D eigenvalue weighted by molar-refractivity contribution is -0.138. The molecule has 0 aromatic heterocycles. The Morgan fingerprint density at radius 3 is 2.64 bits per heavy atom. The summed E-state index contributed by atoms with van der Waals surface area (Å²) in [6.07, 6.45) is -3.02. The minimum Gasteiger partial charge on any atom is -0.348 e. The van der Waals surface area contributed by atoms with E-state index in [2.05, 4.69) is 10.0 Å². The summed E-state index contributed by atoms with van der Waals surface area (Å²) in [7, 11) is -3.62. The van der Waals surface area contributed by atoms with Crippen LogP contribution in [-0.2, 0) is 29.1 Å². The highest BCUT2D eigenvalue weighted by Gasteiger charge is 2.36. The SMILES string of the molecule is CCS(=O)(=O)c1ccc(Cl)cc1CNC(=O)c1cc(Cl)c(CN2CCC[C@H](NSCCN)C2)c(C(F)(F)F)c1. The predicted molar refractivity (Wildman–Crippen MR) is 150 cm³/mol. The Hall–Kier alpha value is -1.54. The van der Waals surface area contributed by atoms with Gasteiger partial charge in [-0.1, -0.05) is 42.1 Å². The van der Waals surface area contributed by atoms with Gasteiger partial charge in [-0.3, -0.25) is 14.4 Å². The fraction of sp³-hybridized carbons (Fsp3) is 0.480. The fourth-order valence-electron chi connectivity index (χ4n) is 4.36. The van der Waals surface area contributed by atoms with Crippen molar-refractivity contribution in [2.75, 3.05) is 31.1 Å². The Labute approximate surface area is 241 Å². The quantitative estimate of drug-likeness (QED) is 0.241. The number of nitrogens with two attached hydrogens (primary N) is 1. The molecular formula is C25H31Cl2F3N4O3S2. The third-order valence-electron chi connectivity index (χ3n) is 6.30. The summed E-state index contributed by atoms with van der Waals surface area (Å²) in [4.78, 5) is 14.8. The van der Waals surface area contributed by atoms with Gasteiger partial charge in [0.25, 0.3) is 5.91 Å². The summed E-state index contributed by atoms with van der Waals surface area (Å²) in [5, 5.41) is 2.59. The molecular weight excluding hydrogens is 596 g/mol. The van der Waals surface area contributed by atoms with Crippen molar-refractivity contribution < 1.29 is 26.4 Å². The zero-order chi connectivity index (χ0) is 28.8. The molecule has 0 saturated carbocycles. The number of alkyl halides is 3. The van der Waals surface area contributed by atoms with Crippen molar-refractivity contribution in [2.24, 2.45) is 5.73 Å².